The van der Waals surface area contributed by atoms with Crippen molar-refractivity contribution in [2.75, 3.05) is 13.2 Å². The molecule has 0 aromatic heterocycles. The topological polar surface area (TPSA) is 105 Å². The van der Waals surface area contributed by atoms with E-state index in [1.807, 2.05) is 36.4 Å². The summed E-state index contributed by atoms with van der Waals surface area (Å²) in [5, 5.41) is 13.9. The minimum atomic E-state index is -0.815. The van der Waals surface area contributed by atoms with Crippen LogP contribution in [0, 0.1) is 0 Å². The number of carbonyl (C=O) groups excluding carboxylic acids is 2. The molecule has 164 valence electrons. The van der Waals surface area contributed by atoms with Crippen LogP contribution in [0.2, 0.25) is 0 Å². The molecule has 0 saturated heterocycles. The van der Waals surface area contributed by atoms with Crippen LogP contribution in [0.4, 0.5) is 4.79 Å². The van der Waals surface area contributed by atoms with Crippen molar-refractivity contribution in [2.24, 2.45) is 0 Å². The fraction of sp³-hybridized carbons (Fsp3) is 0.375. The van der Waals surface area contributed by atoms with Gasteiger partial charge < -0.3 is 20.5 Å². The van der Waals surface area contributed by atoms with Gasteiger partial charge in [0.2, 0.25) is 5.91 Å². The third-order valence-corrected chi connectivity index (χ3v) is 5.44. The number of carboxylic acids is 1. The molecule has 0 radical (unpaired) electrons. The van der Waals surface area contributed by atoms with Crippen molar-refractivity contribution in [1.29, 1.82) is 0 Å². The van der Waals surface area contributed by atoms with Gasteiger partial charge in [-0.1, -0.05) is 55.0 Å². The highest BCUT2D eigenvalue weighted by Gasteiger charge is 2.29. The van der Waals surface area contributed by atoms with Crippen LogP contribution in [-0.2, 0) is 14.3 Å². The predicted octanol–water partition coefficient (Wildman–Crippen LogP) is 3.67. The van der Waals surface area contributed by atoms with Gasteiger partial charge in [-0.2, -0.15) is 0 Å². The van der Waals surface area contributed by atoms with Crippen LogP contribution in [0.25, 0.3) is 11.1 Å². The number of nitrogens with one attached hydrogen (secondary N) is 2. The standard InChI is InChI=1S/C24H28N2O5/c1-16(23(29)25-14-8-2-3-13-22(27)28)26-24(30)31-15-21-19-11-6-4-9-17(19)18-10-5-7-12-20(18)21/h4-7,9-12,16,21H,2-3,8,13-15H2,1H3,(H,25,29)(H,26,30)(H,27,28)/t16-/m0/s1. The molecule has 0 heterocycles. The van der Waals surface area contributed by atoms with E-state index in [1.165, 1.54) is 0 Å². The molecule has 3 rings (SSSR count). The molecule has 2 amide bonds. The molecule has 3 N–H and O–H groups in total. The summed E-state index contributed by atoms with van der Waals surface area (Å²) < 4.78 is 5.45. The van der Waals surface area contributed by atoms with E-state index in [9.17, 15) is 14.4 Å². The van der Waals surface area contributed by atoms with Gasteiger partial charge in [-0.05, 0) is 42.0 Å². The van der Waals surface area contributed by atoms with Crippen molar-refractivity contribution in [3.8, 4) is 11.1 Å². The Kier molecular flexibility index (Phi) is 7.65. The van der Waals surface area contributed by atoms with Crippen LogP contribution >= 0.6 is 0 Å². The summed E-state index contributed by atoms with van der Waals surface area (Å²) in [4.78, 5) is 34.8. The quantitative estimate of drug-likeness (QED) is 0.505. The lowest BCUT2D eigenvalue weighted by Gasteiger charge is -2.17. The molecule has 1 aliphatic carbocycles. The van der Waals surface area contributed by atoms with Crippen LogP contribution in [0.3, 0.4) is 0 Å². The van der Waals surface area contributed by atoms with Gasteiger partial charge in [0.15, 0.2) is 0 Å². The van der Waals surface area contributed by atoms with Gasteiger partial charge in [0.05, 0.1) is 0 Å². The van der Waals surface area contributed by atoms with Crippen LogP contribution in [0.1, 0.15) is 49.7 Å². The number of rotatable bonds is 10. The van der Waals surface area contributed by atoms with Crippen LogP contribution < -0.4 is 10.6 Å². The molecule has 2 aromatic rings. The normalized spacial score (nSPS) is 13.1. The number of ether oxygens (including phenoxy) is 1. The van der Waals surface area contributed by atoms with Gasteiger partial charge in [-0.15, -0.1) is 0 Å². The summed E-state index contributed by atoms with van der Waals surface area (Å²) >= 11 is 0. The van der Waals surface area contributed by atoms with Crippen LogP contribution in [-0.4, -0.2) is 42.3 Å². The number of hydrogen-bond acceptors (Lipinski definition) is 4. The third-order valence-electron chi connectivity index (χ3n) is 5.44. The molecule has 31 heavy (non-hydrogen) atoms. The summed E-state index contributed by atoms with van der Waals surface area (Å²) in [5.74, 6) is -1.15. The first-order chi connectivity index (χ1) is 15.0. The molecule has 0 spiro atoms. The average molecular weight is 424 g/mol. The molecular weight excluding hydrogens is 396 g/mol. The molecule has 7 heteroatoms. The van der Waals surface area contributed by atoms with Crippen LogP contribution in [0.15, 0.2) is 48.5 Å². The van der Waals surface area contributed by atoms with E-state index >= 15 is 0 Å². The molecule has 7 nitrogen and oxygen atoms in total. The van der Waals surface area contributed by atoms with Crippen molar-refractivity contribution < 1.29 is 24.2 Å². The number of carboxylic acid groups (broad SMARTS) is 1. The fourth-order valence-electron chi connectivity index (χ4n) is 3.83. The zero-order valence-corrected chi connectivity index (χ0v) is 17.6. The summed E-state index contributed by atoms with van der Waals surface area (Å²) in [6.07, 6.45) is 1.50. The number of benzene rings is 2. The minimum absolute atomic E-state index is 0.0342. The molecule has 1 aliphatic rings. The van der Waals surface area contributed by atoms with E-state index < -0.39 is 18.1 Å². The minimum Gasteiger partial charge on any atom is -0.481 e. The lowest BCUT2D eigenvalue weighted by Crippen LogP contribution is -2.45. The Labute approximate surface area is 181 Å². The van der Waals surface area contributed by atoms with E-state index in [-0.39, 0.29) is 24.9 Å². The van der Waals surface area contributed by atoms with Crippen molar-refractivity contribution in [1.82, 2.24) is 10.6 Å². The van der Waals surface area contributed by atoms with E-state index in [0.29, 0.717) is 19.4 Å². The predicted molar refractivity (Wildman–Crippen MR) is 117 cm³/mol. The van der Waals surface area contributed by atoms with Gasteiger partial charge in [-0.25, -0.2) is 4.79 Å². The number of unbranched alkanes of at least 4 members (excludes halogenated alkanes) is 2. The highest BCUT2D eigenvalue weighted by molar-refractivity contribution is 5.85. The number of carbonyl (C=O) groups is 3. The lowest BCUT2D eigenvalue weighted by molar-refractivity contribution is -0.137. The average Bonchev–Trinajstić information content (AvgIpc) is 3.08. The molecule has 0 saturated carbocycles. The van der Waals surface area contributed by atoms with Crippen LogP contribution in [0.5, 0.6) is 0 Å². The number of amides is 2. The summed E-state index contributed by atoms with van der Waals surface area (Å²) in [6, 6.07) is 15.5. The smallest absolute Gasteiger partial charge is 0.407 e. The second-order valence-corrected chi connectivity index (χ2v) is 7.69. The SMILES string of the molecule is C[C@H](NC(=O)OCC1c2ccccc2-c2ccccc21)C(=O)NCCCCCC(=O)O. The molecule has 0 fully saturated rings. The second kappa shape index (κ2) is 10.6. The zero-order valence-electron chi connectivity index (χ0n) is 17.6. The Morgan fingerprint density at radius 1 is 0.968 bits per heavy atom. The number of fused-ring (bicyclic) bond motifs is 3. The first-order valence-electron chi connectivity index (χ1n) is 10.6. The highest BCUT2D eigenvalue weighted by atomic mass is 16.5. The first kappa shape index (κ1) is 22.3. The zero-order chi connectivity index (χ0) is 22.2. The third kappa shape index (κ3) is 5.84. The Bertz CT molecular complexity index is 898. The number of aliphatic carboxylic acids is 1. The number of hydrogen-bond donors (Lipinski definition) is 3. The van der Waals surface area contributed by atoms with Gasteiger partial charge in [0.1, 0.15) is 12.6 Å². The van der Waals surface area contributed by atoms with E-state index in [4.69, 9.17) is 9.84 Å². The second-order valence-electron chi connectivity index (χ2n) is 7.69. The molecule has 0 unspecified atom stereocenters. The van der Waals surface area contributed by atoms with Crippen molar-refractivity contribution in [2.45, 2.75) is 44.6 Å². The molecule has 0 aliphatic heterocycles. The van der Waals surface area contributed by atoms with E-state index in [0.717, 1.165) is 28.7 Å². The Morgan fingerprint density at radius 2 is 1.58 bits per heavy atom. The van der Waals surface area contributed by atoms with Gasteiger partial charge in [0, 0.05) is 18.9 Å². The van der Waals surface area contributed by atoms with Gasteiger partial charge in [0.25, 0.3) is 0 Å². The summed E-state index contributed by atoms with van der Waals surface area (Å²) in [5.41, 5.74) is 4.57. The first-order valence-corrected chi connectivity index (χ1v) is 10.6. The fourth-order valence-corrected chi connectivity index (χ4v) is 3.83. The maximum Gasteiger partial charge on any atom is 0.407 e. The maximum atomic E-state index is 12.2. The lowest BCUT2D eigenvalue weighted by atomic mass is 9.98. The molecule has 1 atom stereocenters. The number of alkyl carbamates (subject to hydrolysis) is 1. The van der Waals surface area contributed by atoms with Crippen molar-refractivity contribution >= 4 is 18.0 Å². The van der Waals surface area contributed by atoms with Gasteiger partial charge in [-0.3, -0.25) is 9.59 Å². The highest BCUT2D eigenvalue weighted by Crippen LogP contribution is 2.44. The van der Waals surface area contributed by atoms with Gasteiger partial charge >= 0.3 is 12.1 Å². The maximum absolute atomic E-state index is 12.2. The Balaban J connectivity index is 1.44. The molecular formula is C24H28N2O5. The Hall–Kier alpha value is -3.35. The molecule has 2 aromatic carbocycles. The van der Waals surface area contributed by atoms with Crippen molar-refractivity contribution in [3.63, 3.8) is 0 Å². The van der Waals surface area contributed by atoms with E-state index in [1.54, 1.807) is 6.92 Å². The summed E-state index contributed by atoms with van der Waals surface area (Å²) in [6.45, 7) is 2.23. The monoisotopic (exact) mass is 424 g/mol. The largest absolute Gasteiger partial charge is 0.481 e. The summed E-state index contributed by atoms with van der Waals surface area (Å²) in [7, 11) is 0. The van der Waals surface area contributed by atoms with E-state index in [2.05, 4.69) is 22.8 Å². The Morgan fingerprint density at radius 3 is 2.19 bits per heavy atom. The molecule has 0 bridgehead atoms. The van der Waals surface area contributed by atoms with Crippen molar-refractivity contribution in [3.05, 3.63) is 59.7 Å².